The smallest absolute Gasteiger partial charge is 0.276 e. The van der Waals surface area contributed by atoms with E-state index < -0.39 is 29.2 Å². The molecule has 1 aliphatic rings. The fourth-order valence-electron chi connectivity index (χ4n) is 4.00. The fourth-order valence-corrected chi connectivity index (χ4v) is 4.00. The van der Waals surface area contributed by atoms with E-state index in [4.69, 9.17) is 0 Å². The Labute approximate surface area is 190 Å². The van der Waals surface area contributed by atoms with Crippen LogP contribution in [0.4, 0.5) is 23.2 Å². The number of aromatic amines is 1. The van der Waals surface area contributed by atoms with E-state index in [-0.39, 0.29) is 18.7 Å². The molecule has 1 fully saturated rings. The van der Waals surface area contributed by atoms with Crippen LogP contribution in [0, 0.1) is 11.6 Å². The first-order chi connectivity index (χ1) is 16.3. The number of pyridine rings is 2. The van der Waals surface area contributed by atoms with Crippen molar-refractivity contribution in [1.82, 2.24) is 25.1 Å². The van der Waals surface area contributed by atoms with Gasteiger partial charge in [-0.15, -0.1) is 0 Å². The van der Waals surface area contributed by atoms with Crippen LogP contribution in [-0.2, 0) is 6.54 Å². The summed E-state index contributed by atoms with van der Waals surface area (Å²) in [6, 6.07) is 7.08. The van der Waals surface area contributed by atoms with E-state index in [0.717, 1.165) is 23.5 Å². The summed E-state index contributed by atoms with van der Waals surface area (Å²) in [5.41, 5.74) is 2.11. The zero-order chi connectivity index (χ0) is 23.9. The lowest BCUT2D eigenvalue weighted by molar-refractivity contribution is 0.0115. The minimum absolute atomic E-state index is 0.0455. The maximum atomic E-state index is 13.9. The molecule has 7 nitrogen and oxygen atoms in total. The third-order valence-corrected chi connectivity index (χ3v) is 5.65. The highest BCUT2D eigenvalue weighted by Gasteiger charge is 2.37. The molecule has 0 radical (unpaired) electrons. The molecule has 3 aromatic heterocycles. The summed E-state index contributed by atoms with van der Waals surface area (Å²) in [5.74, 6) is -5.48. The van der Waals surface area contributed by atoms with Crippen LogP contribution in [0.15, 0.2) is 49.1 Å². The van der Waals surface area contributed by atoms with E-state index in [2.05, 4.69) is 25.5 Å². The number of rotatable bonds is 5. The minimum atomic E-state index is -2.67. The number of alkyl halides is 2. The van der Waals surface area contributed by atoms with Crippen molar-refractivity contribution in [3.05, 3.63) is 71.9 Å². The summed E-state index contributed by atoms with van der Waals surface area (Å²) in [6.45, 7) is 0.381. The highest BCUT2D eigenvalue weighted by Crippen LogP contribution is 2.30. The maximum absolute atomic E-state index is 13.9. The molecule has 11 heteroatoms. The molecule has 0 unspecified atom stereocenters. The molecular weight excluding hydrogens is 452 g/mol. The molecule has 0 saturated carbocycles. The van der Waals surface area contributed by atoms with Gasteiger partial charge in [0, 0.05) is 42.9 Å². The van der Waals surface area contributed by atoms with Gasteiger partial charge in [0.05, 0.1) is 24.5 Å². The lowest BCUT2D eigenvalue weighted by Crippen LogP contribution is -2.24. The number of amides is 1. The number of likely N-dealkylation sites (tertiary alicyclic amines) is 1. The third-order valence-electron chi connectivity index (χ3n) is 5.65. The molecule has 34 heavy (non-hydrogen) atoms. The van der Waals surface area contributed by atoms with Crippen LogP contribution in [0.5, 0.6) is 0 Å². The monoisotopic (exact) mass is 470 g/mol. The Morgan fingerprint density at radius 1 is 1.06 bits per heavy atom. The summed E-state index contributed by atoms with van der Waals surface area (Å²) in [7, 11) is 0. The number of hydrogen-bond donors (Lipinski definition) is 2. The second-order valence-corrected chi connectivity index (χ2v) is 8.16. The molecule has 5 rings (SSSR count). The Hall–Kier alpha value is -3.86. The molecule has 1 aliphatic heterocycles. The number of nitrogens with one attached hydrogen (secondary N) is 2. The molecule has 2 N–H and O–H groups in total. The summed E-state index contributed by atoms with van der Waals surface area (Å²) < 4.78 is 54.8. The third kappa shape index (κ3) is 4.34. The van der Waals surface area contributed by atoms with Crippen molar-refractivity contribution >= 4 is 22.5 Å². The number of benzene rings is 1. The predicted octanol–water partition coefficient (Wildman–Crippen LogP) is 4.39. The number of aromatic nitrogens is 4. The Kier molecular flexibility index (Phi) is 5.48. The van der Waals surface area contributed by atoms with Crippen molar-refractivity contribution in [3.63, 3.8) is 0 Å². The SMILES string of the molecule is O=C(Nc1c(F)cncc1F)c1n[nH]c2ccc(-c3cncc(CN4CCC(F)(F)C4)c3)cc12. The number of fused-ring (bicyclic) bond motifs is 1. The highest BCUT2D eigenvalue weighted by molar-refractivity contribution is 6.11. The largest absolute Gasteiger partial charge is 0.316 e. The van der Waals surface area contributed by atoms with Crippen molar-refractivity contribution < 1.29 is 22.4 Å². The van der Waals surface area contributed by atoms with E-state index in [1.807, 2.05) is 6.07 Å². The number of nitrogens with zero attached hydrogens (tertiary/aromatic N) is 4. The normalized spacial score (nSPS) is 15.6. The molecule has 0 aliphatic carbocycles. The molecule has 1 aromatic carbocycles. The molecule has 0 atom stereocenters. The molecule has 1 amide bonds. The van der Waals surface area contributed by atoms with E-state index in [1.165, 1.54) is 0 Å². The molecule has 1 saturated heterocycles. The van der Waals surface area contributed by atoms with Crippen LogP contribution in [0.2, 0.25) is 0 Å². The number of carbonyl (C=O) groups is 1. The van der Waals surface area contributed by atoms with Crippen molar-refractivity contribution in [1.29, 1.82) is 0 Å². The average molecular weight is 470 g/mol. The first kappa shape index (κ1) is 22.0. The molecule has 0 bridgehead atoms. The van der Waals surface area contributed by atoms with E-state index in [0.29, 0.717) is 29.6 Å². The maximum Gasteiger partial charge on any atom is 0.276 e. The molecule has 4 heterocycles. The zero-order valence-electron chi connectivity index (χ0n) is 17.7. The first-order valence-electron chi connectivity index (χ1n) is 10.4. The Balaban J connectivity index is 1.42. The predicted molar refractivity (Wildman–Crippen MR) is 116 cm³/mol. The van der Waals surface area contributed by atoms with Crippen LogP contribution in [0.25, 0.3) is 22.0 Å². The lowest BCUT2D eigenvalue weighted by atomic mass is 10.0. The zero-order valence-corrected chi connectivity index (χ0v) is 17.7. The highest BCUT2D eigenvalue weighted by atomic mass is 19.3. The van der Waals surface area contributed by atoms with E-state index in [9.17, 15) is 22.4 Å². The second kappa shape index (κ2) is 8.49. The van der Waals surface area contributed by atoms with Gasteiger partial charge >= 0.3 is 0 Å². The Morgan fingerprint density at radius 3 is 2.56 bits per heavy atom. The van der Waals surface area contributed by atoms with Gasteiger partial charge in [-0.1, -0.05) is 6.07 Å². The van der Waals surface area contributed by atoms with Crippen LogP contribution in [0.3, 0.4) is 0 Å². The van der Waals surface area contributed by atoms with Gasteiger partial charge in [-0.3, -0.25) is 24.8 Å². The topological polar surface area (TPSA) is 86.8 Å². The summed E-state index contributed by atoms with van der Waals surface area (Å²) in [5, 5.41) is 9.36. The first-order valence-corrected chi connectivity index (χ1v) is 10.4. The standard InChI is InChI=1S/C23H18F4N6O/c24-17-9-29-10-18(25)21(17)30-22(34)20-16-6-14(1-2-19(16)31-32-20)15-5-13(7-28-8-15)11-33-4-3-23(26,27)12-33/h1-2,5-10H,3-4,11-12H2,(H,31,32)(H,29,30,34). The number of H-pyrrole nitrogens is 1. The van der Waals surface area contributed by atoms with Crippen molar-refractivity contribution in [2.24, 2.45) is 0 Å². The van der Waals surface area contributed by atoms with Crippen LogP contribution >= 0.6 is 0 Å². The van der Waals surface area contributed by atoms with Gasteiger partial charge in [0.15, 0.2) is 17.3 Å². The van der Waals surface area contributed by atoms with Crippen LogP contribution in [-0.4, -0.2) is 50.0 Å². The van der Waals surface area contributed by atoms with Gasteiger partial charge in [-0.2, -0.15) is 5.10 Å². The van der Waals surface area contributed by atoms with Gasteiger partial charge in [0.25, 0.3) is 11.8 Å². The van der Waals surface area contributed by atoms with Crippen molar-refractivity contribution in [2.45, 2.75) is 18.9 Å². The average Bonchev–Trinajstić information content (AvgIpc) is 3.38. The fraction of sp³-hybridized carbons (Fsp3) is 0.217. The number of carbonyl (C=O) groups excluding carboxylic acids is 1. The lowest BCUT2D eigenvalue weighted by Gasteiger charge is -2.15. The summed E-state index contributed by atoms with van der Waals surface area (Å²) in [6.07, 6.45) is 4.69. The molecule has 0 spiro atoms. The van der Waals surface area contributed by atoms with Crippen molar-refractivity contribution in [2.75, 3.05) is 18.4 Å². The van der Waals surface area contributed by atoms with Gasteiger partial charge in [0.2, 0.25) is 0 Å². The summed E-state index contributed by atoms with van der Waals surface area (Å²) in [4.78, 5) is 22.0. The number of anilines is 1. The quantitative estimate of drug-likeness (QED) is 0.423. The van der Waals surface area contributed by atoms with Gasteiger partial charge in [0.1, 0.15) is 5.69 Å². The second-order valence-electron chi connectivity index (χ2n) is 8.16. The van der Waals surface area contributed by atoms with Crippen LogP contribution < -0.4 is 5.32 Å². The minimum Gasteiger partial charge on any atom is -0.316 e. The van der Waals surface area contributed by atoms with Crippen molar-refractivity contribution in [3.8, 4) is 11.1 Å². The summed E-state index contributed by atoms with van der Waals surface area (Å²) >= 11 is 0. The van der Waals surface area contributed by atoms with Crippen LogP contribution in [0.1, 0.15) is 22.5 Å². The number of halogens is 4. The number of hydrogen-bond acceptors (Lipinski definition) is 5. The molecule has 174 valence electrons. The Bertz CT molecular complexity index is 1370. The molecule has 4 aromatic rings. The van der Waals surface area contributed by atoms with Gasteiger partial charge in [-0.05, 0) is 29.3 Å². The van der Waals surface area contributed by atoms with Gasteiger partial charge < -0.3 is 5.32 Å². The van der Waals surface area contributed by atoms with E-state index >= 15 is 0 Å². The van der Waals surface area contributed by atoms with E-state index in [1.54, 1.807) is 35.5 Å². The molecular formula is C23H18F4N6O. The Morgan fingerprint density at radius 2 is 1.82 bits per heavy atom. The van der Waals surface area contributed by atoms with Gasteiger partial charge in [-0.25, -0.2) is 17.6 Å².